The van der Waals surface area contributed by atoms with Gasteiger partial charge >= 0.3 is 0 Å². The molecule has 0 unspecified atom stereocenters. The van der Waals surface area contributed by atoms with E-state index in [0.29, 0.717) is 12.2 Å². The maximum Gasteiger partial charge on any atom is 0.280 e. The molecule has 0 aliphatic rings. The number of aromatic amines is 1. The van der Waals surface area contributed by atoms with Gasteiger partial charge in [0, 0.05) is 30.5 Å². The van der Waals surface area contributed by atoms with E-state index in [1.165, 1.54) is 6.92 Å². The molecule has 0 saturated carbocycles. The molecule has 1 amide bonds. The fraction of sp³-hybridized carbons (Fsp3) is 0.111. The van der Waals surface area contributed by atoms with Crippen molar-refractivity contribution in [3.8, 4) is 0 Å². The van der Waals surface area contributed by atoms with Gasteiger partial charge in [-0.15, -0.1) is 5.56 Å². The molecule has 2 aromatic carbocycles. The van der Waals surface area contributed by atoms with Crippen molar-refractivity contribution in [1.29, 1.82) is 0 Å². The molecule has 140 valence electrons. The maximum absolute atomic E-state index is 11.9. The van der Waals surface area contributed by atoms with Crippen LogP contribution in [0, 0.1) is 0 Å². The van der Waals surface area contributed by atoms with Crippen LogP contribution in [-0.4, -0.2) is 25.4 Å². The number of fused-ring (bicyclic) bond motifs is 1. The zero-order valence-corrected chi connectivity index (χ0v) is 15.1. The van der Waals surface area contributed by atoms with Gasteiger partial charge in [-0.25, -0.2) is 17.1 Å². The third-order valence-electron chi connectivity index (χ3n) is 3.41. The summed E-state index contributed by atoms with van der Waals surface area (Å²) in [6.45, 7) is 1.92. The van der Waals surface area contributed by atoms with Crippen LogP contribution in [0.5, 0.6) is 0 Å². The SMILES string of the molecule is CC(=O)Nc1nc2c(ncn2C[c-]2cccc2)c(=O)[nH]1.[Fe].[cH-]1[cH-][cH-][cH-][cH-]1. The van der Waals surface area contributed by atoms with E-state index in [4.69, 9.17) is 0 Å². The fourth-order valence-electron chi connectivity index (χ4n) is 2.33. The largest absolute Gasteiger partial charge is 0.748 e. The zero-order chi connectivity index (χ0) is 17.6. The molecular weight excluding hydrogens is 374 g/mol. The first-order valence-corrected chi connectivity index (χ1v) is 7.73. The summed E-state index contributed by atoms with van der Waals surface area (Å²) < 4.78 is 1.77. The van der Waals surface area contributed by atoms with Crippen molar-refractivity contribution in [3.05, 3.63) is 76.8 Å². The predicted octanol–water partition coefficient (Wildman–Crippen LogP) is 2.25. The molecule has 0 aliphatic heterocycles. The molecule has 26 heavy (non-hydrogen) atoms. The van der Waals surface area contributed by atoms with Gasteiger partial charge < -0.3 is 34.9 Å². The Hall–Kier alpha value is -2.96. The molecule has 0 fully saturated rings. The molecule has 2 N–H and O–H groups in total. The van der Waals surface area contributed by atoms with Crippen molar-refractivity contribution in [1.82, 2.24) is 19.5 Å². The summed E-state index contributed by atoms with van der Waals surface area (Å²) in [4.78, 5) is 33.7. The van der Waals surface area contributed by atoms with E-state index in [1.807, 2.05) is 54.6 Å². The zero-order valence-electron chi connectivity index (χ0n) is 14.0. The number of aromatic nitrogens is 4. The molecular formula is C18H17FeN5O2-6. The molecule has 0 saturated heterocycles. The van der Waals surface area contributed by atoms with E-state index < -0.39 is 0 Å². The molecule has 2 aromatic heterocycles. The van der Waals surface area contributed by atoms with E-state index in [0.717, 1.165) is 5.56 Å². The molecule has 0 aliphatic carbocycles. The van der Waals surface area contributed by atoms with Crippen LogP contribution >= 0.6 is 0 Å². The number of nitrogens with zero attached hydrogens (tertiary/aromatic N) is 3. The molecule has 4 aromatic rings. The number of imidazole rings is 1. The molecule has 0 bridgehead atoms. The molecule has 7 nitrogen and oxygen atoms in total. The number of rotatable bonds is 3. The molecule has 2 heterocycles. The van der Waals surface area contributed by atoms with Gasteiger partial charge in [-0.3, -0.25) is 19.9 Å². The first-order chi connectivity index (χ1) is 12.1. The van der Waals surface area contributed by atoms with Crippen LogP contribution in [0.3, 0.4) is 0 Å². The van der Waals surface area contributed by atoms with Gasteiger partial charge in [-0.05, 0) is 0 Å². The fourth-order valence-corrected chi connectivity index (χ4v) is 2.33. The van der Waals surface area contributed by atoms with Crippen LogP contribution in [0.25, 0.3) is 11.2 Å². The third kappa shape index (κ3) is 4.78. The van der Waals surface area contributed by atoms with Gasteiger partial charge in [0.05, 0.1) is 6.33 Å². The van der Waals surface area contributed by atoms with Crippen molar-refractivity contribution in [2.75, 3.05) is 5.32 Å². The Kier molecular flexibility index (Phi) is 6.66. The number of amides is 1. The first-order valence-electron chi connectivity index (χ1n) is 7.73. The standard InChI is InChI=1S/C13H12N5O2.C5H5.Fe/c1-8(19)15-13-16-11-10(12(20)17-13)14-7-18(11)6-9-4-2-3-5-9;1-2-4-5-3-1;/h2-5,7H,6H2,1H3,(H2,15,16,17,19,20);1-5H;/q-1;-5;. The van der Waals surface area contributed by atoms with Gasteiger partial charge in [0.15, 0.2) is 11.2 Å². The summed E-state index contributed by atoms with van der Waals surface area (Å²) in [6, 6.07) is 17.8. The Morgan fingerprint density at radius 3 is 2.42 bits per heavy atom. The van der Waals surface area contributed by atoms with Gasteiger partial charge in [-0.2, -0.15) is 17.1 Å². The molecule has 0 spiro atoms. The summed E-state index contributed by atoms with van der Waals surface area (Å²) in [5.41, 5.74) is 1.41. The number of hydrogen-bond acceptors (Lipinski definition) is 4. The van der Waals surface area contributed by atoms with Gasteiger partial charge in [0.2, 0.25) is 11.9 Å². The average Bonchev–Trinajstić information content (AvgIpc) is 3.30. The van der Waals surface area contributed by atoms with E-state index >= 15 is 0 Å². The summed E-state index contributed by atoms with van der Waals surface area (Å²) >= 11 is 0. The minimum Gasteiger partial charge on any atom is -0.748 e. The number of nitrogens with one attached hydrogen (secondary N) is 2. The quantitative estimate of drug-likeness (QED) is 0.414. The van der Waals surface area contributed by atoms with Crippen LogP contribution in [0.4, 0.5) is 5.95 Å². The van der Waals surface area contributed by atoms with Gasteiger partial charge in [0.1, 0.15) is 0 Å². The van der Waals surface area contributed by atoms with E-state index in [9.17, 15) is 9.59 Å². The molecule has 0 atom stereocenters. The second-order valence-corrected chi connectivity index (χ2v) is 5.40. The Labute approximate surface area is 160 Å². The van der Waals surface area contributed by atoms with Gasteiger partial charge in [0.25, 0.3) is 5.56 Å². The van der Waals surface area contributed by atoms with E-state index in [1.54, 1.807) is 10.9 Å². The smallest absolute Gasteiger partial charge is 0.280 e. The number of hydrogen-bond donors (Lipinski definition) is 2. The van der Waals surface area contributed by atoms with Crippen LogP contribution in [0.15, 0.2) is 65.7 Å². The molecule has 4 rings (SSSR count). The number of H-pyrrole nitrogens is 1. The molecule has 8 heteroatoms. The number of anilines is 1. The number of carbonyl (C=O) groups excluding carboxylic acids is 1. The van der Waals surface area contributed by atoms with Crippen molar-refractivity contribution in [2.24, 2.45) is 0 Å². The normalized spacial score (nSPS) is 9.88. The van der Waals surface area contributed by atoms with E-state index in [2.05, 4.69) is 20.3 Å². The summed E-state index contributed by atoms with van der Waals surface area (Å²) in [5, 5.41) is 2.47. The van der Waals surface area contributed by atoms with Gasteiger partial charge in [-0.1, -0.05) is 0 Å². The Bertz CT molecular complexity index is 983. The minimum absolute atomic E-state index is 0. The summed E-state index contributed by atoms with van der Waals surface area (Å²) in [6.07, 6.45) is 1.57. The van der Waals surface area contributed by atoms with Crippen molar-refractivity contribution < 1.29 is 21.9 Å². The van der Waals surface area contributed by atoms with Crippen molar-refractivity contribution in [3.63, 3.8) is 0 Å². The van der Waals surface area contributed by atoms with Crippen LogP contribution < -0.4 is 10.9 Å². The van der Waals surface area contributed by atoms with E-state index in [-0.39, 0.29) is 40.0 Å². The molecule has 0 radical (unpaired) electrons. The van der Waals surface area contributed by atoms with Crippen molar-refractivity contribution >= 4 is 23.0 Å². The van der Waals surface area contributed by atoms with Crippen LogP contribution in [0.2, 0.25) is 0 Å². The van der Waals surface area contributed by atoms with Crippen molar-refractivity contribution in [2.45, 2.75) is 13.5 Å². The summed E-state index contributed by atoms with van der Waals surface area (Å²) in [5.74, 6) is -0.172. The maximum atomic E-state index is 11.9. The van der Waals surface area contributed by atoms with Crippen LogP contribution in [0.1, 0.15) is 12.5 Å². The monoisotopic (exact) mass is 391 g/mol. The summed E-state index contributed by atoms with van der Waals surface area (Å²) in [7, 11) is 0. The second-order valence-electron chi connectivity index (χ2n) is 5.40. The average molecular weight is 391 g/mol. The second kappa shape index (κ2) is 8.94. The minimum atomic E-state index is -0.375. The topological polar surface area (TPSA) is 92.7 Å². The third-order valence-corrected chi connectivity index (χ3v) is 3.41. The Morgan fingerprint density at radius 1 is 1.23 bits per heavy atom. The Balaban J connectivity index is 0.000000351. The first kappa shape index (κ1) is 19.4. The Morgan fingerprint density at radius 2 is 1.85 bits per heavy atom. The number of carbonyl (C=O) groups is 1. The predicted molar refractivity (Wildman–Crippen MR) is 95.6 cm³/mol. The van der Waals surface area contributed by atoms with Crippen LogP contribution in [-0.2, 0) is 28.4 Å².